The molecule has 0 aromatic rings. The summed E-state index contributed by atoms with van der Waals surface area (Å²) in [5.41, 5.74) is 0. The minimum absolute atomic E-state index is 0.219. The van der Waals surface area contributed by atoms with Crippen LogP contribution in [0, 0.1) is 12.3 Å². The van der Waals surface area contributed by atoms with E-state index < -0.39 is 6.42 Å². The van der Waals surface area contributed by atoms with E-state index in [0.29, 0.717) is 0 Å². The summed E-state index contributed by atoms with van der Waals surface area (Å²) in [6, 6.07) is 0. The van der Waals surface area contributed by atoms with Crippen LogP contribution in [0.25, 0.3) is 0 Å². The average molecular weight is 187 g/mol. The summed E-state index contributed by atoms with van der Waals surface area (Å²) in [5, 5.41) is 0. The third-order valence-corrected chi connectivity index (χ3v) is 5.23. The maximum absolute atomic E-state index is 5.46. The summed E-state index contributed by atoms with van der Waals surface area (Å²) >= 11 is 5.27. The van der Waals surface area contributed by atoms with Crippen LogP contribution in [-0.4, -0.2) is 24.9 Å². The Morgan fingerprint density at radius 1 is 1.73 bits per heavy atom. The van der Waals surface area contributed by atoms with Crippen molar-refractivity contribution in [3.8, 4) is 12.3 Å². The number of nitrogens with zero attached hydrogens (tertiary/aromatic N) is 1. The highest BCUT2D eigenvalue weighted by Gasteiger charge is 2.25. The molecule has 1 aliphatic rings. The van der Waals surface area contributed by atoms with Gasteiger partial charge in [0.2, 0.25) is 0 Å². The Kier molecular flexibility index (Phi) is 2.51. The van der Waals surface area contributed by atoms with Crippen molar-refractivity contribution < 1.29 is 4.52 Å². The summed E-state index contributed by atoms with van der Waals surface area (Å²) in [4.78, 5) is 0. The highest BCUT2D eigenvalue weighted by molar-refractivity contribution is 8.12. The van der Waals surface area contributed by atoms with Gasteiger partial charge in [-0.25, -0.2) is 0 Å². The van der Waals surface area contributed by atoms with Gasteiger partial charge in [-0.2, -0.15) is 0 Å². The number of hydrogen-bond acceptors (Lipinski definition) is 2. The molecule has 2 unspecified atom stereocenters. The van der Waals surface area contributed by atoms with E-state index in [1.54, 1.807) is 0 Å². The Balaban J connectivity index is 2.78. The Morgan fingerprint density at radius 3 is 2.64 bits per heavy atom. The predicted molar refractivity (Wildman–Crippen MR) is 50.8 cm³/mol. The van der Waals surface area contributed by atoms with Crippen molar-refractivity contribution in [3.63, 3.8) is 0 Å². The standard InChI is InChI=1S/C7H10NOPS/c1-4-7-5-6-10(11,9-7)8(2)3/h1,5-7H,2-3H3. The fourth-order valence-electron chi connectivity index (χ4n) is 0.734. The molecule has 11 heavy (non-hydrogen) atoms. The Labute approximate surface area is 72.4 Å². The molecule has 0 radical (unpaired) electrons. The summed E-state index contributed by atoms with van der Waals surface area (Å²) in [5.74, 6) is 4.41. The first-order valence-corrected chi connectivity index (χ1v) is 5.94. The minimum atomic E-state index is -1.87. The van der Waals surface area contributed by atoms with Crippen molar-refractivity contribution in [2.24, 2.45) is 0 Å². The highest BCUT2D eigenvalue weighted by atomic mass is 32.4. The molecule has 2 atom stereocenters. The zero-order chi connectivity index (χ0) is 8.48. The van der Waals surface area contributed by atoms with Crippen LogP contribution in [0.2, 0.25) is 0 Å². The quantitative estimate of drug-likeness (QED) is 0.455. The van der Waals surface area contributed by atoms with Crippen LogP contribution < -0.4 is 0 Å². The van der Waals surface area contributed by atoms with E-state index in [-0.39, 0.29) is 6.10 Å². The van der Waals surface area contributed by atoms with E-state index in [1.807, 2.05) is 30.7 Å². The van der Waals surface area contributed by atoms with Gasteiger partial charge in [-0.15, -0.1) is 6.42 Å². The summed E-state index contributed by atoms with van der Waals surface area (Å²) in [6.07, 6.45) is 4.94. The average Bonchev–Trinajstić information content (AvgIpc) is 2.33. The second-order valence-corrected chi connectivity index (χ2v) is 6.45. The molecule has 0 amide bonds. The van der Waals surface area contributed by atoms with E-state index in [0.717, 1.165) is 0 Å². The van der Waals surface area contributed by atoms with Gasteiger partial charge >= 0.3 is 0 Å². The highest BCUT2D eigenvalue weighted by Crippen LogP contribution is 2.55. The molecule has 2 nitrogen and oxygen atoms in total. The molecule has 1 heterocycles. The largest absolute Gasteiger partial charge is 0.314 e. The normalized spacial score (nSPS) is 36.0. The second kappa shape index (κ2) is 3.08. The lowest BCUT2D eigenvalue weighted by molar-refractivity contribution is 0.330. The Hall–Kier alpha value is -0.130. The fourth-order valence-corrected chi connectivity index (χ4v) is 2.58. The number of rotatable bonds is 1. The zero-order valence-corrected chi connectivity index (χ0v) is 8.23. The van der Waals surface area contributed by atoms with Crippen LogP contribution in [0.3, 0.4) is 0 Å². The SMILES string of the molecule is C#CC1C=CP(=S)(N(C)C)O1. The molecule has 0 saturated carbocycles. The minimum Gasteiger partial charge on any atom is -0.314 e. The Morgan fingerprint density at radius 2 is 2.36 bits per heavy atom. The lowest BCUT2D eigenvalue weighted by atomic mass is 10.4. The van der Waals surface area contributed by atoms with E-state index in [2.05, 4.69) is 5.92 Å². The molecule has 0 aromatic heterocycles. The maximum atomic E-state index is 5.46. The predicted octanol–water partition coefficient (Wildman–Crippen LogP) is 1.40. The van der Waals surface area contributed by atoms with Crippen LogP contribution in [0.5, 0.6) is 0 Å². The van der Waals surface area contributed by atoms with Gasteiger partial charge in [-0.3, -0.25) is 4.67 Å². The van der Waals surface area contributed by atoms with Gasteiger partial charge in [0.25, 0.3) is 0 Å². The summed E-state index contributed by atoms with van der Waals surface area (Å²) < 4.78 is 7.38. The van der Waals surface area contributed by atoms with E-state index in [1.165, 1.54) is 0 Å². The molecule has 0 N–H and O–H groups in total. The summed E-state index contributed by atoms with van der Waals surface area (Å²) in [7, 11) is 3.81. The topological polar surface area (TPSA) is 12.5 Å². The second-order valence-electron chi connectivity index (χ2n) is 2.45. The third-order valence-electron chi connectivity index (χ3n) is 1.44. The van der Waals surface area contributed by atoms with Gasteiger partial charge in [0.1, 0.15) is 6.10 Å². The van der Waals surface area contributed by atoms with Crippen LogP contribution in [0.4, 0.5) is 0 Å². The molecular weight excluding hydrogens is 177 g/mol. The van der Waals surface area contributed by atoms with Gasteiger partial charge in [0.05, 0.1) is 0 Å². The molecule has 60 valence electrons. The first-order chi connectivity index (χ1) is 5.08. The van der Waals surface area contributed by atoms with E-state index in [4.69, 9.17) is 22.8 Å². The van der Waals surface area contributed by atoms with Crippen molar-refractivity contribution in [1.82, 2.24) is 4.67 Å². The van der Waals surface area contributed by atoms with Gasteiger partial charge in [0, 0.05) is 0 Å². The van der Waals surface area contributed by atoms with Crippen molar-refractivity contribution >= 4 is 18.2 Å². The lowest BCUT2D eigenvalue weighted by Gasteiger charge is -2.22. The maximum Gasteiger partial charge on any atom is 0.155 e. The molecule has 0 bridgehead atoms. The fraction of sp³-hybridized carbons (Fsp3) is 0.429. The van der Waals surface area contributed by atoms with E-state index in [9.17, 15) is 0 Å². The smallest absolute Gasteiger partial charge is 0.155 e. The zero-order valence-electron chi connectivity index (χ0n) is 6.52. The molecule has 1 rings (SSSR count). The number of terminal acetylenes is 1. The molecule has 0 aliphatic carbocycles. The molecule has 4 heteroatoms. The van der Waals surface area contributed by atoms with Gasteiger partial charge < -0.3 is 4.52 Å². The van der Waals surface area contributed by atoms with Crippen molar-refractivity contribution in [2.75, 3.05) is 14.1 Å². The van der Waals surface area contributed by atoms with E-state index >= 15 is 0 Å². The van der Waals surface area contributed by atoms with Crippen LogP contribution in [0.15, 0.2) is 11.9 Å². The molecule has 0 aromatic carbocycles. The first-order valence-electron chi connectivity index (χ1n) is 3.20. The van der Waals surface area contributed by atoms with Gasteiger partial charge in [0.15, 0.2) is 6.42 Å². The van der Waals surface area contributed by atoms with Gasteiger partial charge in [-0.1, -0.05) is 5.92 Å². The Bertz CT molecular complexity index is 266. The van der Waals surface area contributed by atoms with Gasteiger partial charge in [-0.05, 0) is 37.8 Å². The molecule has 1 aliphatic heterocycles. The monoisotopic (exact) mass is 187 g/mol. The molecule has 0 saturated heterocycles. The third kappa shape index (κ3) is 1.72. The first kappa shape index (κ1) is 8.96. The lowest BCUT2D eigenvalue weighted by Crippen LogP contribution is -2.09. The van der Waals surface area contributed by atoms with Crippen LogP contribution in [-0.2, 0) is 16.3 Å². The van der Waals surface area contributed by atoms with Crippen LogP contribution >= 0.6 is 6.42 Å². The van der Waals surface area contributed by atoms with Crippen LogP contribution in [0.1, 0.15) is 0 Å². The summed E-state index contributed by atoms with van der Waals surface area (Å²) in [6.45, 7) is 0. The molecule has 0 spiro atoms. The van der Waals surface area contributed by atoms with Crippen molar-refractivity contribution in [2.45, 2.75) is 6.10 Å². The molecule has 0 fully saturated rings. The molecular formula is C7H10NOPS. The number of hydrogen-bond donors (Lipinski definition) is 0. The van der Waals surface area contributed by atoms with Crippen molar-refractivity contribution in [3.05, 3.63) is 11.9 Å². The van der Waals surface area contributed by atoms with Crippen molar-refractivity contribution in [1.29, 1.82) is 0 Å².